The molecule has 1 heterocycles. The summed E-state index contributed by atoms with van der Waals surface area (Å²) in [6, 6.07) is 5.48. The van der Waals surface area contributed by atoms with Gasteiger partial charge in [0.1, 0.15) is 11.4 Å². The summed E-state index contributed by atoms with van der Waals surface area (Å²) in [6.07, 6.45) is 0. The highest BCUT2D eigenvalue weighted by molar-refractivity contribution is 6.06. The van der Waals surface area contributed by atoms with Crippen LogP contribution in [-0.4, -0.2) is 35.9 Å². The number of nitrogens with one attached hydrogen (secondary N) is 2. The number of ether oxygens (including phenoxy) is 1. The van der Waals surface area contributed by atoms with E-state index < -0.39 is 0 Å². The fraction of sp³-hybridized carbons (Fsp3) is 0.231. The van der Waals surface area contributed by atoms with Gasteiger partial charge in [-0.25, -0.2) is 0 Å². The summed E-state index contributed by atoms with van der Waals surface area (Å²) < 4.78 is 5.19. The molecule has 6 nitrogen and oxygen atoms in total. The number of carbonyl (C=O) groups is 1. The van der Waals surface area contributed by atoms with Gasteiger partial charge in [0.2, 0.25) is 0 Å². The Hall–Kier alpha value is -2.50. The number of aromatic amines is 1. The summed E-state index contributed by atoms with van der Waals surface area (Å²) in [4.78, 5) is 16.2. The third kappa shape index (κ3) is 2.24. The third-order valence-corrected chi connectivity index (χ3v) is 3.05. The molecule has 0 radical (unpaired) electrons. The van der Waals surface area contributed by atoms with Crippen molar-refractivity contribution in [2.75, 3.05) is 14.2 Å². The Morgan fingerprint density at radius 3 is 2.68 bits per heavy atom. The summed E-state index contributed by atoms with van der Waals surface area (Å²) in [5, 5.41) is 8.22. The molecule has 0 spiro atoms. The van der Waals surface area contributed by atoms with Gasteiger partial charge in [0.05, 0.1) is 7.11 Å². The molecule has 0 fully saturated rings. The number of amides is 1. The average molecular weight is 260 g/mol. The minimum atomic E-state index is -0.345. The van der Waals surface area contributed by atoms with E-state index in [-0.39, 0.29) is 11.9 Å². The van der Waals surface area contributed by atoms with Gasteiger partial charge in [-0.3, -0.25) is 15.1 Å². The number of nitrogens with two attached hydrogens (primary N) is 1. The zero-order valence-corrected chi connectivity index (χ0v) is 11.1. The van der Waals surface area contributed by atoms with Crippen molar-refractivity contribution < 1.29 is 9.53 Å². The van der Waals surface area contributed by atoms with E-state index in [1.54, 1.807) is 13.2 Å². The maximum absolute atomic E-state index is 12.1. The fourth-order valence-corrected chi connectivity index (χ4v) is 1.91. The number of H-pyrrole nitrogens is 1. The van der Waals surface area contributed by atoms with E-state index in [1.165, 1.54) is 7.05 Å². The lowest BCUT2D eigenvalue weighted by molar-refractivity contribution is 0.0864. The Morgan fingerprint density at radius 1 is 1.42 bits per heavy atom. The predicted molar refractivity (Wildman–Crippen MR) is 73.6 cm³/mol. The van der Waals surface area contributed by atoms with Crippen LogP contribution < -0.4 is 10.5 Å². The maximum atomic E-state index is 12.1. The van der Waals surface area contributed by atoms with Crippen molar-refractivity contribution in [3.8, 4) is 5.75 Å². The minimum absolute atomic E-state index is 0.294. The predicted octanol–water partition coefficient (Wildman–Crippen LogP) is 1.45. The zero-order valence-electron chi connectivity index (χ0n) is 11.1. The van der Waals surface area contributed by atoms with Crippen molar-refractivity contribution in [1.82, 2.24) is 9.88 Å². The van der Waals surface area contributed by atoms with Gasteiger partial charge in [0.25, 0.3) is 5.91 Å². The number of carbonyl (C=O) groups excluding carboxylic acids is 1. The molecule has 0 aliphatic carbocycles. The second kappa shape index (κ2) is 4.64. The van der Waals surface area contributed by atoms with E-state index in [9.17, 15) is 4.79 Å². The molecule has 0 bridgehead atoms. The molecule has 4 N–H and O–H groups in total. The van der Waals surface area contributed by atoms with Crippen LogP contribution >= 0.6 is 0 Å². The number of fused-ring (bicyclic) bond motifs is 1. The van der Waals surface area contributed by atoms with Crippen molar-refractivity contribution in [2.45, 2.75) is 6.92 Å². The van der Waals surface area contributed by atoms with Gasteiger partial charge in [0.15, 0.2) is 5.96 Å². The molecule has 1 aromatic heterocycles. The summed E-state index contributed by atoms with van der Waals surface area (Å²) in [6.45, 7) is 1.95. The molecule has 0 aliphatic rings. The van der Waals surface area contributed by atoms with Crippen LogP contribution in [0.4, 0.5) is 0 Å². The highest BCUT2D eigenvalue weighted by Crippen LogP contribution is 2.25. The Morgan fingerprint density at radius 2 is 2.11 bits per heavy atom. The average Bonchev–Trinajstić information content (AvgIpc) is 2.81. The van der Waals surface area contributed by atoms with Crippen molar-refractivity contribution >= 4 is 22.8 Å². The molecule has 0 saturated heterocycles. The Balaban J connectivity index is 2.50. The van der Waals surface area contributed by atoms with Crippen molar-refractivity contribution in [1.29, 1.82) is 5.41 Å². The van der Waals surface area contributed by atoms with Crippen molar-refractivity contribution in [2.24, 2.45) is 5.73 Å². The monoisotopic (exact) mass is 260 g/mol. The molecule has 0 unspecified atom stereocenters. The minimum Gasteiger partial charge on any atom is -0.497 e. The molecule has 0 aliphatic heterocycles. The van der Waals surface area contributed by atoms with Crippen molar-refractivity contribution in [3.63, 3.8) is 0 Å². The quantitative estimate of drug-likeness (QED) is 0.563. The normalized spacial score (nSPS) is 10.5. The first kappa shape index (κ1) is 12.9. The maximum Gasteiger partial charge on any atom is 0.276 e. The van der Waals surface area contributed by atoms with E-state index in [0.29, 0.717) is 5.69 Å². The van der Waals surface area contributed by atoms with E-state index in [2.05, 4.69) is 4.98 Å². The van der Waals surface area contributed by atoms with Crippen LogP contribution in [0.25, 0.3) is 10.9 Å². The van der Waals surface area contributed by atoms with Crippen molar-refractivity contribution in [3.05, 3.63) is 29.5 Å². The lowest BCUT2D eigenvalue weighted by Crippen LogP contribution is -2.38. The van der Waals surface area contributed by atoms with E-state index in [1.807, 2.05) is 19.1 Å². The van der Waals surface area contributed by atoms with Crippen LogP contribution in [-0.2, 0) is 0 Å². The second-order valence-corrected chi connectivity index (χ2v) is 4.34. The number of benzene rings is 1. The molecule has 2 aromatic rings. The van der Waals surface area contributed by atoms with Gasteiger partial charge in [0, 0.05) is 24.0 Å². The summed E-state index contributed by atoms with van der Waals surface area (Å²) >= 11 is 0. The Kier molecular flexibility index (Phi) is 3.16. The highest BCUT2D eigenvalue weighted by atomic mass is 16.5. The molecule has 2 rings (SSSR count). The van der Waals surface area contributed by atoms with Gasteiger partial charge in [-0.2, -0.15) is 0 Å². The molecular weight excluding hydrogens is 244 g/mol. The van der Waals surface area contributed by atoms with Gasteiger partial charge in [-0.05, 0) is 24.6 Å². The van der Waals surface area contributed by atoms with E-state index in [0.717, 1.165) is 27.1 Å². The number of nitrogens with zero attached hydrogens (tertiary/aromatic N) is 1. The van der Waals surface area contributed by atoms with Crippen LogP contribution in [0.2, 0.25) is 0 Å². The lowest BCUT2D eigenvalue weighted by Gasteiger charge is -2.12. The largest absolute Gasteiger partial charge is 0.497 e. The Bertz CT molecular complexity index is 660. The number of hydrogen-bond donors (Lipinski definition) is 3. The van der Waals surface area contributed by atoms with Crippen LogP contribution in [0.15, 0.2) is 18.2 Å². The first-order valence-corrected chi connectivity index (χ1v) is 5.73. The molecular formula is C13H16N4O2. The first-order chi connectivity index (χ1) is 8.93. The molecule has 1 amide bonds. The van der Waals surface area contributed by atoms with Crippen LogP contribution in [0.5, 0.6) is 5.75 Å². The van der Waals surface area contributed by atoms with E-state index in [4.69, 9.17) is 15.9 Å². The topological polar surface area (TPSA) is 95.2 Å². The molecule has 0 atom stereocenters. The number of rotatable bonds is 2. The highest BCUT2D eigenvalue weighted by Gasteiger charge is 2.17. The smallest absolute Gasteiger partial charge is 0.276 e. The molecule has 0 saturated carbocycles. The summed E-state index contributed by atoms with van der Waals surface area (Å²) in [5.74, 6) is 0.0887. The molecule has 100 valence electrons. The first-order valence-electron chi connectivity index (χ1n) is 5.73. The Labute approximate surface area is 110 Å². The summed E-state index contributed by atoms with van der Waals surface area (Å²) in [7, 11) is 3.06. The van der Waals surface area contributed by atoms with Gasteiger partial charge in [-0.15, -0.1) is 0 Å². The SMILES string of the molecule is COc1cc(C)c2cc(C(=O)N(C)C(=N)N)[nH]c2c1. The summed E-state index contributed by atoms with van der Waals surface area (Å²) in [5.41, 5.74) is 7.52. The molecule has 19 heavy (non-hydrogen) atoms. The number of aryl methyl sites for hydroxylation is 1. The number of aromatic nitrogens is 1. The van der Waals surface area contributed by atoms with Gasteiger partial charge < -0.3 is 15.5 Å². The zero-order chi connectivity index (χ0) is 14.2. The van der Waals surface area contributed by atoms with Gasteiger partial charge >= 0.3 is 0 Å². The fourth-order valence-electron chi connectivity index (χ4n) is 1.91. The molecule has 6 heteroatoms. The lowest BCUT2D eigenvalue weighted by atomic mass is 10.1. The number of guanidine groups is 1. The number of methoxy groups -OCH3 is 1. The second-order valence-electron chi connectivity index (χ2n) is 4.34. The van der Waals surface area contributed by atoms with Gasteiger partial charge in [-0.1, -0.05) is 0 Å². The number of hydrogen-bond acceptors (Lipinski definition) is 3. The van der Waals surface area contributed by atoms with Crippen LogP contribution in [0, 0.1) is 12.3 Å². The van der Waals surface area contributed by atoms with Crippen LogP contribution in [0.1, 0.15) is 16.1 Å². The van der Waals surface area contributed by atoms with Crippen LogP contribution in [0.3, 0.4) is 0 Å². The van der Waals surface area contributed by atoms with E-state index >= 15 is 0 Å². The molecule has 1 aromatic carbocycles. The third-order valence-electron chi connectivity index (χ3n) is 3.05. The standard InChI is InChI=1S/C13H16N4O2/c1-7-4-8(19-3)5-10-9(7)6-11(16-10)12(18)17(2)13(14)15/h4-6,16H,1-3H3,(H3,14,15).